The second-order valence-electron chi connectivity index (χ2n) is 6.26. The molecule has 7 nitrogen and oxygen atoms in total. The summed E-state index contributed by atoms with van der Waals surface area (Å²) in [6.07, 6.45) is 2.04. The van der Waals surface area contributed by atoms with Crippen LogP contribution in [0.4, 0.5) is 5.69 Å². The second-order valence-corrected chi connectivity index (χ2v) is 6.26. The average molecular weight is 499 g/mol. The number of nitrogens with zero attached hydrogens (tertiary/aromatic N) is 3. The lowest BCUT2D eigenvalue weighted by Crippen LogP contribution is -2.39. The largest absolute Gasteiger partial charge is 0.492 e. The van der Waals surface area contributed by atoms with E-state index in [0.717, 1.165) is 24.7 Å². The number of guanidine groups is 1. The average Bonchev–Trinajstić information content (AvgIpc) is 3.02. The smallest absolute Gasteiger partial charge is 0.221 e. The van der Waals surface area contributed by atoms with Crippen LogP contribution in [0.1, 0.15) is 19.5 Å². The first-order chi connectivity index (χ1) is 13.0. The number of aromatic nitrogens is 1. The Morgan fingerprint density at radius 1 is 1.29 bits per heavy atom. The van der Waals surface area contributed by atoms with Gasteiger partial charge in [0.05, 0.1) is 13.1 Å². The van der Waals surface area contributed by atoms with E-state index in [4.69, 9.17) is 4.74 Å². The van der Waals surface area contributed by atoms with Gasteiger partial charge < -0.3 is 24.8 Å². The van der Waals surface area contributed by atoms with Crippen molar-refractivity contribution in [2.75, 3.05) is 32.1 Å². The van der Waals surface area contributed by atoms with E-state index >= 15 is 0 Å². The fourth-order valence-corrected chi connectivity index (χ4v) is 2.63. The summed E-state index contributed by atoms with van der Waals surface area (Å²) >= 11 is 0. The van der Waals surface area contributed by atoms with Gasteiger partial charge in [-0.25, -0.2) is 4.99 Å². The summed E-state index contributed by atoms with van der Waals surface area (Å²) < 4.78 is 7.86. The molecule has 0 fully saturated rings. The van der Waals surface area contributed by atoms with E-state index in [1.54, 1.807) is 6.07 Å². The second kappa shape index (κ2) is 12.3. The summed E-state index contributed by atoms with van der Waals surface area (Å²) in [5, 5.41) is 6.05. The number of hydrogen-bond acceptors (Lipinski definition) is 3. The van der Waals surface area contributed by atoms with Gasteiger partial charge in [-0.2, -0.15) is 0 Å². The molecule has 28 heavy (non-hydrogen) atoms. The molecular formula is C20H30IN5O2. The molecule has 154 valence electrons. The van der Waals surface area contributed by atoms with E-state index in [1.165, 1.54) is 12.6 Å². The highest BCUT2D eigenvalue weighted by Crippen LogP contribution is 2.17. The maximum Gasteiger partial charge on any atom is 0.221 e. The van der Waals surface area contributed by atoms with Gasteiger partial charge in [-0.3, -0.25) is 4.79 Å². The fraction of sp³-hybridized carbons (Fsp3) is 0.400. The number of halogens is 1. The van der Waals surface area contributed by atoms with E-state index in [1.807, 2.05) is 44.6 Å². The number of aryl methyl sites for hydroxylation is 1. The molecule has 1 aromatic heterocycles. The van der Waals surface area contributed by atoms with E-state index in [9.17, 15) is 4.79 Å². The number of hydrogen-bond donors (Lipinski definition) is 2. The first-order valence-corrected chi connectivity index (χ1v) is 9.09. The Labute approximate surface area is 184 Å². The minimum Gasteiger partial charge on any atom is -0.492 e. The van der Waals surface area contributed by atoms with Gasteiger partial charge in [0, 0.05) is 51.2 Å². The number of benzene rings is 1. The van der Waals surface area contributed by atoms with Crippen molar-refractivity contribution in [2.45, 2.75) is 20.4 Å². The van der Waals surface area contributed by atoms with Gasteiger partial charge in [0.1, 0.15) is 12.4 Å². The number of aliphatic imine (C=N–C) groups is 1. The third-order valence-electron chi connectivity index (χ3n) is 3.92. The van der Waals surface area contributed by atoms with Crippen molar-refractivity contribution in [3.63, 3.8) is 0 Å². The first kappa shape index (κ1) is 23.8. The summed E-state index contributed by atoms with van der Waals surface area (Å²) in [5.74, 6) is 1.45. The summed E-state index contributed by atoms with van der Waals surface area (Å²) in [6.45, 7) is 6.10. The van der Waals surface area contributed by atoms with Crippen molar-refractivity contribution in [3.8, 4) is 5.75 Å². The summed E-state index contributed by atoms with van der Waals surface area (Å²) in [4.78, 5) is 17.9. The van der Waals surface area contributed by atoms with Gasteiger partial charge in [-0.15, -0.1) is 24.0 Å². The lowest BCUT2D eigenvalue weighted by atomic mass is 10.3. The molecule has 0 unspecified atom stereocenters. The molecule has 0 saturated heterocycles. The molecule has 2 rings (SSSR count). The normalized spacial score (nSPS) is 10.8. The zero-order valence-electron chi connectivity index (χ0n) is 16.9. The molecule has 0 spiro atoms. The Kier molecular flexibility index (Phi) is 10.4. The predicted molar refractivity (Wildman–Crippen MR) is 125 cm³/mol. The van der Waals surface area contributed by atoms with Crippen LogP contribution in [0.15, 0.2) is 47.6 Å². The van der Waals surface area contributed by atoms with E-state index < -0.39 is 0 Å². The van der Waals surface area contributed by atoms with Crippen LogP contribution in [0.2, 0.25) is 0 Å². The van der Waals surface area contributed by atoms with Crippen LogP contribution in [0, 0.1) is 0 Å². The highest BCUT2D eigenvalue weighted by Gasteiger charge is 2.08. The Morgan fingerprint density at radius 2 is 2.07 bits per heavy atom. The van der Waals surface area contributed by atoms with Gasteiger partial charge in [-0.1, -0.05) is 6.07 Å². The third-order valence-corrected chi connectivity index (χ3v) is 3.92. The monoisotopic (exact) mass is 499 g/mol. The van der Waals surface area contributed by atoms with Crippen molar-refractivity contribution < 1.29 is 9.53 Å². The van der Waals surface area contributed by atoms with Crippen LogP contribution < -0.4 is 15.4 Å². The van der Waals surface area contributed by atoms with Crippen LogP contribution >= 0.6 is 24.0 Å². The van der Waals surface area contributed by atoms with Crippen LogP contribution in [-0.4, -0.2) is 48.1 Å². The van der Waals surface area contributed by atoms with Crippen molar-refractivity contribution in [1.82, 2.24) is 14.8 Å². The Hall–Kier alpha value is -2.23. The van der Waals surface area contributed by atoms with Crippen molar-refractivity contribution in [1.29, 1.82) is 0 Å². The van der Waals surface area contributed by atoms with Crippen LogP contribution in [-0.2, 0) is 18.4 Å². The molecule has 1 aromatic carbocycles. The van der Waals surface area contributed by atoms with Crippen molar-refractivity contribution in [3.05, 3.63) is 48.3 Å². The highest BCUT2D eigenvalue weighted by molar-refractivity contribution is 14.0. The summed E-state index contributed by atoms with van der Waals surface area (Å²) in [7, 11) is 4.06. The number of carbonyl (C=O) groups excluding carboxylic acids is 1. The minimum absolute atomic E-state index is 0. The quantitative estimate of drug-likeness (QED) is 0.254. The van der Waals surface area contributed by atoms with Gasteiger partial charge in [0.2, 0.25) is 5.91 Å². The van der Waals surface area contributed by atoms with E-state index in [0.29, 0.717) is 18.9 Å². The lowest BCUT2D eigenvalue weighted by molar-refractivity contribution is -0.114. The SMILES string of the molecule is CCNC(=NCCOc1cccc(NC(C)=O)c1)N(C)Cc1cccn1C.I. The Morgan fingerprint density at radius 3 is 2.71 bits per heavy atom. The molecule has 0 radical (unpaired) electrons. The van der Waals surface area contributed by atoms with Gasteiger partial charge in [0.15, 0.2) is 5.96 Å². The zero-order chi connectivity index (χ0) is 19.6. The topological polar surface area (TPSA) is 70.9 Å². The summed E-state index contributed by atoms with van der Waals surface area (Å²) in [6, 6.07) is 11.5. The minimum atomic E-state index is -0.103. The number of carbonyl (C=O) groups is 1. The van der Waals surface area contributed by atoms with Gasteiger partial charge in [-0.05, 0) is 31.2 Å². The van der Waals surface area contributed by atoms with Gasteiger partial charge >= 0.3 is 0 Å². The molecule has 1 heterocycles. The third kappa shape index (κ3) is 7.79. The number of anilines is 1. The highest BCUT2D eigenvalue weighted by atomic mass is 127. The number of nitrogens with one attached hydrogen (secondary N) is 2. The molecule has 0 atom stereocenters. The molecule has 0 bridgehead atoms. The molecule has 0 aliphatic carbocycles. The predicted octanol–water partition coefficient (Wildman–Crippen LogP) is 3.08. The van der Waals surface area contributed by atoms with Crippen molar-refractivity contribution >= 4 is 41.5 Å². The molecular weight excluding hydrogens is 469 g/mol. The molecule has 8 heteroatoms. The zero-order valence-corrected chi connectivity index (χ0v) is 19.3. The molecule has 0 saturated carbocycles. The van der Waals surface area contributed by atoms with E-state index in [2.05, 4.69) is 38.1 Å². The lowest BCUT2D eigenvalue weighted by Gasteiger charge is -2.22. The van der Waals surface area contributed by atoms with Crippen molar-refractivity contribution in [2.24, 2.45) is 12.0 Å². The molecule has 1 amide bonds. The number of rotatable bonds is 8. The molecule has 2 N–H and O–H groups in total. The number of ether oxygens (including phenoxy) is 1. The molecule has 0 aliphatic heterocycles. The van der Waals surface area contributed by atoms with Gasteiger partial charge in [0.25, 0.3) is 0 Å². The van der Waals surface area contributed by atoms with E-state index in [-0.39, 0.29) is 29.9 Å². The maximum atomic E-state index is 11.1. The molecule has 0 aliphatic rings. The summed E-state index contributed by atoms with van der Waals surface area (Å²) in [5.41, 5.74) is 1.94. The Bertz CT molecular complexity index is 775. The van der Waals surface area contributed by atoms with Crippen LogP contribution in [0.3, 0.4) is 0 Å². The standard InChI is InChI=1S/C20H29N5O2.HI/c1-5-21-20(25(4)15-18-9-7-12-24(18)3)22-11-13-27-19-10-6-8-17(14-19)23-16(2)26;/h6-10,12,14H,5,11,13,15H2,1-4H3,(H,21,22)(H,23,26);1H. The first-order valence-electron chi connectivity index (χ1n) is 9.09. The van der Waals surface area contributed by atoms with Crippen LogP contribution in [0.5, 0.6) is 5.75 Å². The number of amides is 1. The maximum absolute atomic E-state index is 11.1. The Balaban J connectivity index is 0.00000392. The fourth-order valence-electron chi connectivity index (χ4n) is 2.63. The van der Waals surface area contributed by atoms with Crippen LogP contribution in [0.25, 0.3) is 0 Å². The molecule has 2 aromatic rings.